The molecule has 0 saturated carbocycles. The molecule has 25 heavy (non-hydrogen) atoms. The van der Waals surface area contributed by atoms with Crippen LogP contribution >= 0.6 is 0 Å². The van der Waals surface area contributed by atoms with Crippen LogP contribution in [0.25, 0.3) is 5.82 Å². The van der Waals surface area contributed by atoms with Gasteiger partial charge in [-0.25, -0.2) is 18.4 Å². The zero-order valence-electron chi connectivity index (χ0n) is 14.2. The highest BCUT2D eigenvalue weighted by Gasteiger charge is 2.36. The van der Waals surface area contributed by atoms with Gasteiger partial charge in [0, 0.05) is 31.7 Å². The molecule has 2 aromatic rings. The normalized spacial score (nSPS) is 18.4. The molecule has 0 radical (unpaired) electrons. The van der Waals surface area contributed by atoms with Crippen molar-refractivity contribution in [3.63, 3.8) is 0 Å². The number of aromatic nitrogens is 3. The van der Waals surface area contributed by atoms with Crippen molar-refractivity contribution >= 4 is 15.9 Å². The van der Waals surface area contributed by atoms with Gasteiger partial charge in [-0.3, -0.25) is 9.36 Å². The van der Waals surface area contributed by atoms with Crippen molar-refractivity contribution in [3.8, 4) is 5.82 Å². The van der Waals surface area contributed by atoms with Crippen LogP contribution < -0.4 is 5.32 Å². The summed E-state index contributed by atoms with van der Waals surface area (Å²) in [4.78, 5) is 20.9. The molecule has 1 saturated heterocycles. The Morgan fingerprint density at radius 1 is 1.36 bits per heavy atom. The van der Waals surface area contributed by atoms with Crippen molar-refractivity contribution in [2.45, 2.75) is 32.4 Å². The topological polar surface area (TPSA) is 97.2 Å². The first-order valence-electron chi connectivity index (χ1n) is 8.06. The van der Waals surface area contributed by atoms with Crippen molar-refractivity contribution in [2.24, 2.45) is 0 Å². The summed E-state index contributed by atoms with van der Waals surface area (Å²) in [6.07, 6.45) is 7.59. The van der Waals surface area contributed by atoms with Crippen LogP contribution in [0.15, 0.2) is 30.7 Å². The second-order valence-electron chi connectivity index (χ2n) is 6.12. The first-order valence-corrected chi connectivity index (χ1v) is 9.91. The van der Waals surface area contributed by atoms with Crippen LogP contribution in [0.1, 0.15) is 24.2 Å². The molecule has 0 bridgehead atoms. The summed E-state index contributed by atoms with van der Waals surface area (Å²) in [5.74, 6) is 1.28. The molecule has 2 aromatic heterocycles. The van der Waals surface area contributed by atoms with E-state index in [-0.39, 0.29) is 5.91 Å². The Labute approximate surface area is 146 Å². The predicted molar refractivity (Wildman–Crippen MR) is 92.5 cm³/mol. The monoisotopic (exact) mass is 363 g/mol. The number of rotatable bonds is 5. The van der Waals surface area contributed by atoms with Gasteiger partial charge < -0.3 is 5.32 Å². The van der Waals surface area contributed by atoms with E-state index in [1.165, 1.54) is 4.31 Å². The molecule has 1 N–H and O–H groups in total. The number of nitrogens with zero attached hydrogens (tertiary/aromatic N) is 4. The molecule has 3 heterocycles. The van der Waals surface area contributed by atoms with Gasteiger partial charge in [-0.05, 0) is 37.5 Å². The number of sulfonamides is 1. The number of pyridine rings is 1. The summed E-state index contributed by atoms with van der Waals surface area (Å²) in [6.45, 7) is 2.60. The SMILES string of the molecule is Cc1nccn1-c1cc(CNC(=O)C2CCCN2S(C)(=O)=O)ccn1. The number of carbonyl (C=O) groups excluding carboxylic acids is 1. The molecule has 0 spiro atoms. The molecule has 3 rings (SSSR count). The molecule has 0 aromatic carbocycles. The third kappa shape index (κ3) is 3.88. The average Bonchev–Trinajstić information content (AvgIpc) is 3.21. The van der Waals surface area contributed by atoms with Crippen molar-refractivity contribution in [3.05, 3.63) is 42.1 Å². The van der Waals surface area contributed by atoms with E-state index in [2.05, 4.69) is 15.3 Å². The van der Waals surface area contributed by atoms with Crippen molar-refractivity contribution in [1.82, 2.24) is 24.2 Å². The molecule has 134 valence electrons. The summed E-state index contributed by atoms with van der Waals surface area (Å²) in [5, 5.41) is 2.83. The highest BCUT2D eigenvalue weighted by Crippen LogP contribution is 2.20. The van der Waals surface area contributed by atoms with Gasteiger partial charge in [0.1, 0.15) is 17.7 Å². The van der Waals surface area contributed by atoms with E-state index in [4.69, 9.17) is 0 Å². The number of nitrogens with one attached hydrogen (secondary N) is 1. The van der Waals surface area contributed by atoms with E-state index in [9.17, 15) is 13.2 Å². The van der Waals surface area contributed by atoms with Gasteiger partial charge in [-0.1, -0.05) is 0 Å². The molecule has 1 atom stereocenters. The standard InChI is InChI=1S/C16H21N5O3S/c1-12-17-7-9-20(12)15-10-13(5-6-18-15)11-19-16(22)14-4-3-8-21(14)25(2,23)24/h5-7,9-10,14H,3-4,8,11H2,1-2H3,(H,19,22). The first-order chi connectivity index (χ1) is 11.9. The summed E-state index contributed by atoms with van der Waals surface area (Å²) in [5.41, 5.74) is 0.885. The Bertz CT molecular complexity index is 877. The van der Waals surface area contributed by atoms with Crippen molar-refractivity contribution < 1.29 is 13.2 Å². The van der Waals surface area contributed by atoms with Crippen molar-refractivity contribution in [1.29, 1.82) is 0 Å². The lowest BCUT2D eigenvalue weighted by Gasteiger charge is -2.21. The maximum Gasteiger partial charge on any atom is 0.238 e. The zero-order chi connectivity index (χ0) is 18.0. The van der Waals surface area contributed by atoms with Gasteiger partial charge in [-0.2, -0.15) is 4.31 Å². The second-order valence-corrected chi connectivity index (χ2v) is 8.05. The minimum Gasteiger partial charge on any atom is -0.351 e. The van der Waals surface area contributed by atoms with E-state index < -0.39 is 16.1 Å². The van der Waals surface area contributed by atoms with Gasteiger partial charge in [0.05, 0.1) is 6.26 Å². The van der Waals surface area contributed by atoms with Crippen LogP contribution in [0, 0.1) is 6.92 Å². The van der Waals surface area contributed by atoms with Crippen molar-refractivity contribution in [2.75, 3.05) is 12.8 Å². The van der Waals surface area contributed by atoms with Gasteiger partial charge in [-0.15, -0.1) is 0 Å². The van der Waals surface area contributed by atoms with Crippen LogP contribution in [0.3, 0.4) is 0 Å². The summed E-state index contributed by atoms with van der Waals surface area (Å²) in [6, 6.07) is 3.07. The Hall–Kier alpha value is -2.26. The Morgan fingerprint density at radius 2 is 2.16 bits per heavy atom. The lowest BCUT2D eigenvalue weighted by atomic mass is 10.2. The molecule has 8 nitrogen and oxygen atoms in total. The van der Waals surface area contributed by atoms with Gasteiger partial charge in [0.15, 0.2) is 0 Å². The van der Waals surface area contributed by atoms with E-state index in [0.29, 0.717) is 25.9 Å². The number of carbonyl (C=O) groups is 1. The first kappa shape index (κ1) is 17.6. The minimum atomic E-state index is -3.37. The molecule has 0 aliphatic carbocycles. The number of hydrogen-bond acceptors (Lipinski definition) is 5. The Kier molecular flexibility index (Phi) is 4.87. The maximum atomic E-state index is 12.4. The molecule has 9 heteroatoms. The fourth-order valence-electron chi connectivity index (χ4n) is 3.03. The van der Waals surface area contributed by atoms with E-state index in [0.717, 1.165) is 23.5 Å². The van der Waals surface area contributed by atoms with Crippen LogP contribution in [-0.4, -0.2) is 52.0 Å². The number of imidazole rings is 1. The van der Waals surface area contributed by atoms with E-state index in [1.807, 2.05) is 29.8 Å². The molecular weight excluding hydrogens is 342 g/mol. The minimum absolute atomic E-state index is 0.264. The molecule has 1 fully saturated rings. The molecule has 1 aliphatic rings. The van der Waals surface area contributed by atoms with Gasteiger partial charge in [0.25, 0.3) is 0 Å². The highest BCUT2D eigenvalue weighted by molar-refractivity contribution is 7.88. The fraction of sp³-hybridized carbons (Fsp3) is 0.438. The number of aryl methyl sites for hydroxylation is 1. The number of amides is 1. The maximum absolute atomic E-state index is 12.4. The largest absolute Gasteiger partial charge is 0.351 e. The summed E-state index contributed by atoms with van der Waals surface area (Å²) >= 11 is 0. The Balaban J connectivity index is 1.68. The third-order valence-electron chi connectivity index (χ3n) is 4.28. The molecular formula is C16H21N5O3S. The fourth-order valence-corrected chi connectivity index (χ4v) is 4.15. The lowest BCUT2D eigenvalue weighted by molar-refractivity contribution is -0.124. The molecule has 1 unspecified atom stereocenters. The average molecular weight is 363 g/mol. The van der Waals surface area contributed by atoms with Crippen LogP contribution in [0.5, 0.6) is 0 Å². The zero-order valence-corrected chi connectivity index (χ0v) is 15.0. The van der Waals surface area contributed by atoms with Gasteiger partial charge >= 0.3 is 0 Å². The van der Waals surface area contributed by atoms with Crippen LogP contribution in [-0.2, 0) is 21.4 Å². The smallest absolute Gasteiger partial charge is 0.238 e. The summed E-state index contributed by atoms with van der Waals surface area (Å²) in [7, 11) is -3.37. The second kappa shape index (κ2) is 6.93. The van der Waals surface area contributed by atoms with Gasteiger partial charge in [0.2, 0.25) is 15.9 Å². The number of hydrogen-bond donors (Lipinski definition) is 1. The highest BCUT2D eigenvalue weighted by atomic mass is 32.2. The van der Waals surface area contributed by atoms with E-state index in [1.54, 1.807) is 12.4 Å². The lowest BCUT2D eigenvalue weighted by Crippen LogP contribution is -2.45. The quantitative estimate of drug-likeness (QED) is 0.840. The molecule has 1 aliphatic heterocycles. The van der Waals surface area contributed by atoms with E-state index >= 15 is 0 Å². The third-order valence-corrected chi connectivity index (χ3v) is 5.57. The summed E-state index contributed by atoms with van der Waals surface area (Å²) < 4.78 is 26.6. The Morgan fingerprint density at radius 3 is 2.84 bits per heavy atom. The predicted octanol–water partition coefficient (Wildman–Crippen LogP) is 0.616. The van der Waals surface area contributed by atoms with Crippen LogP contribution in [0.2, 0.25) is 0 Å². The van der Waals surface area contributed by atoms with Crippen LogP contribution in [0.4, 0.5) is 0 Å². The molecule has 1 amide bonds.